The van der Waals surface area contributed by atoms with Crippen LogP contribution in [-0.2, 0) is 0 Å². The number of aromatic hydroxyl groups is 1. The van der Waals surface area contributed by atoms with Gasteiger partial charge in [-0.15, -0.1) is 0 Å². The van der Waals surface area contributed by atoms with Crippen LogP contribution in [0.15, 0.2) is 47.3 Å². The van der Waals surface area contributed by atoms with Gasteiger partial charge in [-0.2, -0.15) is 0 Å². The number of carbonyl (C=O) groups excluding carboxylic acids is 2. The zero-order valence-electron chi connectivity index (χ0n) is 14.1. The van der Waals surface area contributed by atoms with Crippen LogP contribution in [-0.4, -0.2) is 28.9 Å². The molecular weight excluding hydrogens is 336 g/mol. The summed E-state index contributed by atoms with van der Waals surface area (Å²) in [7, 11) is 1.38. The second-order valence-corrected chi connectivity index (χ2v) is 5.62. The van der Waals surface area contributed by atoms with Crippen LogP contribution in [0.2, 0.25) is 0 Å². The molecule has 2 aromatic carbocycles. The number of H-pyrrole nitrogens is 1. The van der Waals surface area contributed by atoms with Gasteiger partial charge >= 0.3 is 0 Å². The Morgan fingerprint density at radius 2 is 1.81 bits per heavy atom. The van der Waals surface area contributed by atoms with Gasteiger partial charge in [-0.1, -0.05) is 18.2 Å². The van der Waals surface area contributed by atoms with E-state index >= 15 is 0 Å². The number of hydrogen-bond acceptors (Lipinski definition) is 5. The summed E-state index contributed by atoms with van der Waals surface area (Å²) in [5, 5.41) is 13.2. The van der Waals surface area contributed by atoms with Gasteiger partial charge in [-0.3, -0.25) is 14.4 Å². The van der Waals surface area contributed by atoms with Gasteiger partial charge in [-0.25, -0.2) is 0 Å². The van der Waals surface area contributed by atoms with E-state index in [1.165, 1.54) is 26.2 Å². The van der Waals surface area contributed by atoms with Crippen LogP contribution in [0.5, 0.6) is 11.5 Å². The first-order chi connectivity index (χ1) is 12.4. The Kier molecular flexibility index (Phi) is 4.45. The zero-order valence-corrected chi connectivity index (χ0v) is 14.1. The number of Topliss-reactive ketones (excluding diaryl/α,β-unsaturated/α-hetero) is 1. The molecule has 0 aliphatic carbocycles. The number of ketones is 1. The first kappa shape index (κ1) is 17.2. The molecule has 0 aliphatic heterocycles. The summed E-state index contributed by atoms with van der Waals surface area (Å²) in [5.41, 5.74) is -0.0868. The molecule has 0 saturated carbocycles. The van der Waals surface area contributed by atoms with Gasteiger partial charge in [0.1, 0.15) is 11.3 Å². The van der Waals surface area contributed by atoms with Crippen molar-refractivity contribution >= 4 is 28.3 Å². The normalized spacial score (nSPS) is 10.5. The second kappa shape index (κ2) is 6.72. The Morgan fingerprint density at radius 3 is 2.42 bits per heavy atom. The van der Waals surface area contributed by atoms with E-state index in [9.17, 15) is 19.5 Å². The van der Waals surface area contributed by atoms with E-state index in [0.717, 1.165) is 0 Å². The number of methoxy groups -OCH3 is 1. The first-order valence-corrected chi connectivity index (χ1v) is 7.77. The molecule has 3 aromatic rings. The number of rotatable bonds is 4. The molecular formula is C19H16N2O5. The highest BCUT2D eigenvalue weighted by Crippen LogP contribution is 2.36. The molecule has 7 heteroatoms. The van der Waals surface area contributed by atoms with Crippen molar-refractivity contribution in [1.82, 2.24) is 4.98 Å². The fourth-order valence-corrected chi connectivity index (χ4v) is 2.74. The largest absolute Gasteiger partial charge is 0.506 e. The first-order valence-electron chi connectivity index (χ1n) is 7.77. The van der Waals surface area contributed by atoms with Crippen LogP contribution in [0, 0.1) is 0 Å². The predicted octanol–water partition coefficient (Wildman–Crippen LogP) is 2.70. The van der Waals surface area contributed by atoms with Crippen LogP contribution in [0.1, 0.15) is 27.6 Å². The van der Waals surface area contributed by atoms with Crippen molar-refractivity contribution in [2.24, 2.45) is 0 Å². The molecule has 1 amide bonds. The number of ether oxygens (including phenoxy) is 1. The molecule has 0 spiro atoms. The molecule has 0 aliphatic rings. The van der Waals surface area contributed by atoms with Crippen LogP contribution >= 0.6 is 0 Å². The third kappa shape index (κ3) is 2.90. The lowest BCUT2D eigenvalue weighted by Gasteiger charge is -2.14. The summed E-state index contributed by atoms with van der Waals surface area (Å²) >= 11 is 0. The number of aromatic nitrogens is 1. The average Bonchev–Trinajstić information content (AvgIpc) is 2.61. The van der Waals surface area contributed by atoms with Crippen molar-refractivity contribution in [3.63, 3.8) is 0 Å². The fourth-order valence-electron chi connectivity index (χ4n) is 2.74. The highest BCUT2D eigenvalue weighted by molar-refractivity contribution is 6.08. The van der Waals surface area contributed by atoms with Crippen molar-refractivity contribution in [2.75, 3.05) is 12.4 Å². The molecule has 0 bridgehead atoms. The molecule has 0 atom stereocenters. The molecule has 0 unspecified atom stereocenters. The molecule has 0 saturated heterocycles. The van der Waals surface area contributed by atoms with Crippen molar-refractivity contribution in [1.29, 1.82) is 0 Å². The van der Waals surface area contributed by atoms with E-state index in [4.69, 9.17) is 4.74 Å². The summed E-state index contributed by atoms with van der Waals surface area (Å²) in [4.78, 5) is 38.6. The Hall–Kier alpha value is -3.61. The third-order valence-electron chi connectivity index (χ3n) is 3.96. The van der Waals surface area contributed by atoms with Crippen molar-refractivity contribution in [2.45, 2.75) is 6.92 Å². The number of hydrogen-bond donors (Lipinski definition) is 3. The molecule has 1 aromatic heterocycles. The van der Waals surface area contributed by atoms with Crippen molar-refractivity contribution in [3.8, 4) is 11.5 Å². The van der Waals surface area contributed by atoms with Gasteiger partial charge in [-0.05, 0) is 31.2 Å². The third-order valence-corrected chi connectivity index (χ3v) is 3.96. The van der Waals surface area contributed by atoms with E-state index in [2.05, 4.69) is 10.3 Å². The quantitative estimate of drug-likeness (QED) is 0.626. The fraction of sp³-hybridized carbons (Fsp3) is 0.105. The minimum absolute atomic E-state index is 0.175. The highest BCUT2D eigenvalue weighted by Gasteiger charge is 2.20. The van der Waals surface area contributed by atoms with E-state index < -0.39 is 17.1 Å². The summed E-state index contributed by atoms with van der Waals surface area (Å²) in [5.74, 6) is -1.15. The van der Waals surface area contributed by atoms with Gasteiger partial charge in [0.05, 0.1) is 18.3 Å². The zero-order chi connectivity index (χ0) is 18.8. The van der Waals surface area contributed by atoms with Gasteiger partial charge in [0.25, 0.3) is 11.5 Å². The number of fused-ring (bicyclic) bond motifs is 1. The van der Waals surface area contributed by atoms with E-state index in [-0.39, 0.29) is 28.1 Å². The number of carbonyl (C=O) groups is 2. The predicted molar refractivity (Wildman–Crippen MR) is 97.2 cm³/mol. The lowest BCUT2D eigenvalue weighted by Crippen LogP contribution is -2.17. The van der Waals surface area contributed by atoms with Crippen LogP contribution in [0.3, 0.4) is 0 Å². The molecule has 0 fully saturated rings. The van der Waals surface area contributed by atoms with Crippen LogP contribution in [0.4, 0.5) is 5.69 Å². The number of amides is 1. The number of anilines is 1. The monoisotopic (exact) mass is 352 g/mol. The number of nitrogens with one attached hydrogen (secondary N) is 2. The van der Waals surface area contributed by atoms with E-state index in [0.29, 0.717) is 11.3 Å². The number of benzene rings is 2. The summed E-state index contributed by atoms with van der Waals surface area (Å²) in [6.45, 7) is 1.20. The Labute approximate surface area is 148 Å². The second-order valence-electron chi connectivity index (χ2n) is 5.62. The van der Waals surface area contributed by atoms with E-state index in [1.807, 2.05) is 0 Å². The van der Waals surface area contributed by atoms with Gasteiger partial charge < -0.3 is 20.1 Å². The van der Waals surface area contributed by atoms with E-state index in [1.54, 1.807) is 30.3 Å². The standard InChI is InChI=1S/C19H16N2O5/c1-10(22)14-16(23)12-8-9-13(17(26-2)15(12)21-19(14)25)20-18(24)11-6-4-3-5-7-11/h3-9H,1-2H3,(H,20,24)(H2,21,23,25). The Bertz CT molecular complexity index is 1070. The van der Waals surface area contributed by atoms with Crippen molar-refractivity contribution < 1.29 is 19.4 Å². The average molecular weight is 352 g/mol. The highest BCUT2D eigenvalue weighted by atomic mass is 16.5. The Morgan fingerprint density at radius 1 is 1.12 bits per heavy atom. The molecule has 3 rings (SSSR count). The van der Waals surface area contributed by atoms with Crippen LogP contribution < -0.4 is 15.6 Å². The minimum atomic E-state index is -0.729. The number of aromatic amines is 1. The molecule has 26 heavy (non-hydrogen) atoms. The maximum atomic E-state index is 12.4. The molecule has 1 heterocycles. The lowest BCUT2D eigenvalue weighted by molar-refractivity contribution is 0.101. The minimum Gasteiger partial charge on any atom is -0.506 e. The maximum absolute atomic E-state index is 12.4. The molecule has 132 valence electrons. The maximum Gasteiger partial charge on any atom is 0.263 e. The van der Waals surface area contributed by atoms with Gasteiger partial charge in [0.15, 0.2) is 11.5 Å². The van der Waals surface area contributed by atoms with Crippen LogP contribution in [0.25, 0.3) is 10.9 Å². The molecule has 3 N–H and O–H groups in total. The summed E-state index contributed by atoms with van der Waals surface area (Å²) in [6, 6.07) is 11.6. The SMILES string of the molecule is COc1c(NC(=O)c2ccccc2)ccc2c(O)c(C(C)=O)c(=O)[nH]c12. The van der Waals surface area contributed by atoms with Gasteiger partial charge in [0.2, 0.25) is 0 Å². The Balaban J connectivity index is 2.14. The summed E-state index contributed by atoms with van der Waals surface area (Å²) < 4.78 is 5.32. The summed E-state index contributed by atoms with van der Waals surface area (Å²) in [6.07, 6.45) is 0. The topological polar surface area (TPSA) is 108 Å². The smallest absolute Gasteiger partial charge is 0.263 e. The van der Waals surface area contributed by atoms with Crippen molar-refractivity contribution in [3.05, 3.63) is 63.9 Å². The van der Waals surface area contributed by atoms with Gasteiger partial charge in [0, 0.05) is 10.9 Å². The lowest BCUT2D eigenvalue weighted by atomic mass is 10.1. The number of pyridine rings is 1. The molecule has 0 radical (unpaired) electrons. The molecule has 7 nitrogen and oxygen atoms in total.